The molecule has 0 saturated carbocycles. The number of carbonyl (C=O) groups is 2. The van der Waals surface area contributed by atoms with Gasteiger partial charge in [0.25, 0.3) is 0 Å². The van der Waals surface area contributed by atoms with Crippen molar-refractivity contribution < 1.29 is 28.9 Å². The molecule has 0 radical (unpaired) electrons. The van der Waals surface area contributed by atoms with Crippen LogP contribution in [0.5, 0.6) is 11.5 Å². The van der Waals surface area contributed by atoms with Gasteiger partial charge in [-0.05, 0) is 112 Å². The highest BCUT2D eigenvalue weighted by Gasteiger charge is 2.39. The summed E-state index contributed by atoms with van der Waals surface area (Å²) in [6.45, 7) is 7.42. The van der Waals surface area contributed by atoms with Crippen molar-refractivity contribution in [3.8, 4) is 22.9 Å². The Morgan fingerprint density at radius 1 is 0.667 bits per heavy atom. The van der Waals surface area contributed by atoms with Gasteiger partial charge in [0, 0.05) is 21.2 Å². The third-order valence-electron chi connectivity index (χ3n) is 9.27. The molecule has 2 unspecified atom stereocenters. The lowest BCUT2D eigenvalue weighted by Crippen LogP contribution is -2.38. The Morgan fingerprint density at radius 3 is 1.55 bits per heavy atom. The SMILES string of the molecule is C.CCOC(=O)C(Oc1ccc(C)cc1-n1nc2ccccc2n1)c1ccc(Cl)cc1.Cc1ccc(OC(C)(C(=O)O)c2ccc(Cl)cc2)c(-n2nc3ccccc3n2)c1. The number of aliphatic carboxylic acids is 1. The number of benzene rings is 6. The van der Waals surface area contributed by atoms with Crippen molar-refractivity contribution in [2.75, 3.05) is 6.61 Å². The summed E-state index contributed by atoms with van der Waals surface area (Å²) in [7, 11) is 0. The molecule has 306 valence electrons. The quantitative estimate of drug-likeness (QED) is 0.125. The molecule has 8 rings (SSSR count). The van der Waals surface area contributed by atoms with Gasteiger partial charge in [-0.25, -0.2) is 9.59 Å². The summed E-state index contributed by atoms with van der Waals surface area (Å²) in [5.41, 5.74) is 5.67. The van der Waals surface area contributed by atoms with Crippen molar-refractivity contribution in [1.82, 2.24) is 30.0 Å². The highest BCUT2D eigenvalue weighted by Crippen LogP contribution is 2.34. The molecule has 2 aromatic heterocycles. The largest absolute Gasteiger partial charge is 0.478 e. The fourth-order valence-corrected chi connectivity index (χ4v) is 6.39. The Kier molecular flexibility index (Phi) is 13.2. The minimum absolute atomic E-state index is 0. The zero-order valence-corrected chi connectivity index (χ0v) is 33.9. The van der Waals surface area contributed by atoms with Gasteiger partial charge in [0.15, 0.2) is 0 Å². The summed E-state index contributed by atoms with van der Waals surface area (Å²) in [4.78, 5) is 27.8. The first-order chi connectivity index (χ1) is 28.4. The number of rotatable bonds is 11. The van der Waals surface area contributed by atoms with Crippen LogP contribution < -0.4 is 9.47 Å². The molecule has 0 bridgehead atoms. The molecular weight excluding hydrogens is 803 g/mol. The summed E-state index contributed by atoms with van der Waals surface area (Å²) >= 11 is 12.0. The first-order valence-corrected chi connectivity index (χ1v) is 19.3. The second-order valence-electron chi connectivity index (χ2n) is 13.6. The molecule has 60 heavy (non-hydrogen) atoms. The van der Waals surface area contributed by atoms with E-state index in [1.807, 2.05) is 86.6 Å². The van der Waals surface area contributed by atoms with Gasteiger partial charge in [-0.3, -0.25) is 0 Å². The van der Waals surface area contributed by atoms with Crippen LogP contribution in [0.2, 0.25) is 10.0 Å². The first kappa shape index (κ1) is 42.8. The molecule has 0 fully saturated rings. The number of aromatic nitrogens is 6. The van der Waals surface area contributed by atoms with Gasteiger partial charge in [0.2, 0.25) is 11.7 Å². The molecule has 12 nitrogen and oxygen atoms in total. The fraction of sp³-hybridized carbons (Fsp3) is 0.174. The smallest absolute Gasteiger partial charge is 0.352 e. The number of nitrogens with zero attached hydrogens (tertiary/aromatic N) is 6. The number of hydrogen-bond acceptors (Lipinski definition) is 9. The number of carbonyl (C=O) groups excluding carboxylic acids is 1. The van der Waals surface area contributed by atoms with Crippen molar-refractivity contribution in [3.63, 3.8) is 0 Å². The van der Waals surface area contributed by atoms with Crippen molar-refractivity contribution in [2.24, 2.45) is 0 Å². The van der Waals surface area contributed by atoms with E-state index in [0.717, 1.165) is 33.2 Å². The van der Waals surface area contributed by atoms with Gasteiger partial charge >= 0.3 is 11.9 Å². The van der Waals surface area contributed by atoms with Crippen LogP contribution in [0.15, 0.2) is 133 Å². The van der Waals surface area contributed by atoms with Gasteiger partial charge in [-0.15, -0.1) is 30.0 Å². The maximum Gasteiger partial charge on any atom is 0.352 e. The Balaban J connectivity index is 0.000000198. The average Bonchev–Trinajstić information content (AvgIpc) is 3.87. The van der Waals surface area contributed by atoms with E-state index in [1.165, 1.54) is 16.5 Å². The van der Waals surface area contributed by atoms with Gasteiger partial charge in [-0.2, -0.15) is 0 Å². The number of ether oxygens (including phenoxy) is 3. The van der Waals surface area contributed by atoms with E-state index >= 15 is 0 Å². The van der Waals surface area contributed by atoms with Gasteiger partial charge < -0.3 is 19.3 Å². The van der Waals surface area contributed by atoms with Crippen LogP contribution in [0.25, 0.3) is 33.4 Å². The van der Waals surface area contributed by atoms with Gasteiger partial charge in [-0.1, -0.05) is 91.3 Å². The highest BCUT2D eigenvalue weighted by molar-refractivity contribution is 6.30. The van der Waals surface area contributed by atoms with E-state index in [0.29, 0.717) is 44.0 Å². The summed E-state index contributed by atoms with van der Waals surface area (Å²) < 4.78 is 17.5. The third-order valence-corrected chi connectivity index (χ3v) is 9.77. The standard InChI is InChI=1S/C23H20ClN3O3.C22H18ClN3O3.CH4/c1-3-29-23(28)22(16-9-11-17(24)12-10-16)30-21-13-8-15(2)14-20(21)27-25-18-6-4-5-7-19(18)26-27;1-14-7-12-20(19(13-14)26-24-17-5-3-4-6-18(17)25-26)29-22(2,21(27)28)15-8-10-16(23)11-9-15;/h4-14,22H,3H2,1-2H3;3-13H,1-2H3,(H,27,28);1H4. The number of fused-ring (bicyclic) bond motifs is 2. The highest BCUT2D eigenvalue weighted by atomic mass is 35.5. The lowest BCUT2D eigenvalue weighted by Gasteiger charge is -2.28. The minimum atomic E-state index is -1.62. The molecule has 8 aromatic rings. The summed E-state index contributed by atoms with van der Waals surface area (Å²) in [6, 6.07) is 39.7. The van der Waals surface area contributed by atoms with Crippen LogP contribution in [-0.2, 0) is 19.9 Å². The molecule has 0 spiro atoms. The molecule has 1 N–H and O–H groups in total. The molecule has 14 heteroatoms. The van der Waals surface area contributed by atoms with E-state index in [-0.39, 0.29) is 14.0 Å². The van der Waals surface area contributed by atoms with Gasteiger partial charge in [0.05, 0.1) is 6.61 Å². The second kappa shape index (κ2) is 18.4. The van der Waals surface area contributed by atoms with Crippen LogP contribution in [-0.4, -0.2) is 53.6 Å². The number of halogens is 2. The van der Waals surface area contributed by atoms with Crippen molar-refractivity contribution in [3.05, 3.63) is 166 Å². The Labute approximate surface area is 356 Å². The Hall–Kier alpha value is -6.76. The van der Waals surface area contributed by atoms with Crippen LogP contribution >= 0.6 is 23.2 Å². The maximum atomic E-state index is 12.7. The molecule has 2 atom stereocenters. The van der Waals surface area contributed by atoms with Crippen molar-refractivity contribution in [2.45, 2.75) is 46.8 Å². The maximum absolute atomic E-state index is 12.7. The zero-order valence-electron chi connectivity index (χ0n) is 32.4. The molecule has 0 aliphatic heterocycles. The molecule has 0 aliphatic rings. The van der Waals surface area contributed by atoms with E-state index in [9.17, 15) is 14.7 Å². The lowest BCUT2D eigenvalue weighted by molar-refractivity contribution is -0.154. The number of hydrogen-bond donors (Lipinski definition) is 1. The van der Waals surface area contributed by atoms with Crippen molar-refractivity contribution >= 4 is 57.2 Å². The fourth-order valence-electron chi connectivity index (χ4n) is 6.14. The number of esters is 1. The van der Waals surface area contributed by atoms with Crippen LogP contribution in [0.4, 0.5) is 0 Å². The van der Waals surface area contributed by atoms with Gasteiger partial charge in [0.1, 0.15) is 44.9 Å². The molecule has 0 amide bonds. The summed E-state index contributed by atoms with van der Waals surface area (Å²) in [6.07, 6.45) is -0.950. The normalized spacial score (nSPS) is 12.4. The third kappa shape index (κ3) is 9.41. The molecule has 2 heterocycles. The number of carboxylic acids is 1. The zero-order chi connectivity index (χ0) is 41.7. The van der Waals surface area contributed by atoms with Crippen LogP contribution in [0.3, 0.4) is 0 Å². The van der Waals surface area contributed by atoms with Crippen molar-refractivity contribution in [1.29, 1.82) is 0 Å². The first-order valence-electron chi connectivity index (χ1n) is 18.6. The van der Waals surface area contributed by atoms with E-state index in [2.05, 4.69) is 20.4 Å². The molecule has 6 aromatic carbocycles. The topological polar surface area (TPSA) is 143 Å². The predicted octanol–water partition coefficient (Wildman–Crippen LogP) is 10.5. The molecular formula is C46H42Cl2N6O6. The predicted molar refractivity (Wildman–Crippen MR) is 232 cm³/mol. The van der Waals surface area contributed by atoms with E-state index in [4.69, 9.17) is 37.4 Å². The summed E-state index contributed by atoms with van der Waals surface area (Å²) in [5.74, 6) is -0.778. The molecule has 0 aliphatic carbocycles. The number of carboxylic acid groups (broad SMARTS) is 1. The van der Waals surface area contributed by atoms with Crippen LogP contribution in [0, 0.1) is 13.8 Å². The Morgan fingerprint density at radius 2 is 1.10 bits per heavy atom. The monoisotopic (exact) mass is 844 g/mol. The second-order valence-corrected chi connectivity index (χ2v) is 14.5. The summed E-state index contributed by atoms with van der Waals surface area (Å²) in [5, 5.41) is 29.2. The Bertz CT molecular complexity index is 2710. The van der Waals surface area contributed by atoms with Crippen LogP contribution in [0.1, 0.15) is 49.6 Å². The van der Waals surface area contributed by atoms with E-state index < -0.39 is 23.6 Å². The average molecular weight is 846 g/mol. The minimum Gasteiger partial charge on any atom is -0.478 e. The molecule has 0 saturated heterocycles. The van der Waals surface area contributed by atoms with E-state index in [1.54, 1.807) is 67.6 Å². The number of aryl methyl sites for hydroxylation is 2. The lowest BCUT2D eigenvalue weighted by atomic mass is 9.95.